The first-order chi connectivity index (χ1) is 8.36. The summed E-state index contributed by atoms with van der Waals surface area (Å²) in [6.45, 7) is 2.33. The molecule has 2 unspecified atom stereocenters. The number of fused-ring (bicyclic) bond motifs is 1. The molecule has 2 aliphatic heterocycles. The van der Waals surface area contributed by atoms with Crippen molar-refractivity contribution in [1.82, 2.24) is 10.2 Å². The van der Waals surface area contributed by atoms with Crippen molar-refractivity contribution in [1.29, 1.82) is 0 Å². The van der Waals surface area contributed by atoms with Gasteiger partial charge < -0.3 is 5.32 Å². The predicted molar refractivity (Wildman–Crippen MR) is 73.6 cm³/mol. The molecule has 17 heavy (non-hydrogen) atoms. The van der Waals surface area contributed by atoms with Gasteiger partial charge in [0.1, 0.15) is 0 Å². The number of thioether (sulfide) groups is 1. The van der Waals surface area contributed by atoms with E-state index in [-0.39, 0.29) is 0 Å². The molecule has 0 saturated carbocycles. The van der Waals surface area contributed by atoms with Crippen molar-refractivity contribution in [3.8, 4) is 0 Å². The third kappa shape index (κ3) is 2.24. The molecule has 3 rings (SSSR count). The number of benzene rings is 1. The monoisotopic (exact) mass is 248 g/mol. The second-order valence-electron chi connectivity index (χ2n) is 5.00. The Kier molecular flexibility index (Phi) is 3.41. The van der Waals surface area contributed by atoms with Gasteiger partial charge in [-0.05, 0) is 43.8 Å². The van der Waals surface area contributed by atoms with Crippen LogP contribution in [0.15, 0.2) is 29.2 Å². The van der Waals surface area contributed by atoms with Gasteiger partial charge in [0, 0.05) is 23.5 Å². The van der Waals surface area contributed by atoms with Crippen LogP contribution < -0.4 is 5.32 Å². The normalized spacial score (nSPS) is 28.4. The lowest BCUT2D eigenvalue weighted by atomic mass is 10.0. The van der Waals surface area contributed by atoms with E-state index < -0.39 is 0 Å². The largest absolute Gasteiger partial charge is 0.315 e. The molecular weight excluding hydrogens is 228 g/mol. The quantitative estimate of drug-likeness (QED) is 0.866. The van der Waals surface area contributed by atoms with Gasteiger partial charge in [-0.3, -0.25) is 4.90 Å². The number of likely N-dealkylation sites (N-methyl/N-ethyl adjacent to an activating group) is 1. The Bertz CT molecular complexity index is 388. The fourth-order valence-electron chi connectivity index (χ4n) is 2.99. The van der Waals surface area contributed by atoms with Gasteiger partial charge >= 0.3 is 0 Å². The van der Waals surface area contributed by atoms with Crippen molar-refractivity contribution >= 4 is 11.8 Å². The van der Waals surface area contributed by atoms with Crippen molar-refractivity contribution in [3.63, 3.8) is 0 Å². The molecule has 1 fully saturated rings. The molecule has 92 valence electrons. The van der Waals surface area contributed by atoms with Gasteiger partial charge in [0.15, 0.2) is 0 Å². The van der Waals surface area contributed by atoms with Crippen molar-refractivity contribution in [2.45, 2.75) is 29.8 Å². The first-order valence-electron chi connectivity index (χ1n) is 6.50. The number of hydrogen-bond acceptors (Lipinski definition) is 3. The van der Waals surface area contributed by atoms with E-state index in [1.165, 1.54) is 35.6 Å². The fraction of sp³-hybridized carbons (Fsp3) is 0.571. The maximum absolute atomic E-state index is 3.47. The SMILES string of the molecule is CN(C1CCNC1)C1CCSc2ccccc21. The summed E-state index contributed by atoms with van der Waals surface area (Å²) in [6.07, 6.45) is 2.58. The summed E-state index contributed by atoms with van der Waals surface area (Å²) in [4.78, 5) is 4.08. The van der Waals surface area contributed by atoms with Gasteiger partial charge in [0.25, 0.3) is 0 Å². The number of nitrogens with one attached hydrogen (secondary N) is 1. The second-order valence-corrected chi connectivity index (χ2v) is 6.14. The van der Waals surface area contributed by atoms with Crippen LogP contribution in [0, 0.1) is 0 Å². The Balaban J connectivity index is 1.84. The highest BCUT2D eigenvalue weighted by atomic mass is 32.2. The minimum absolute atomic E-state index is 0.623. The molecule has 1 aromatic rings. The van der Waals surface area contributed by atoms with E-state index in [4.69, 9.17) is 0 Å². The van der Waals surface area contributed by atoms with Gasteiger partial charge in [-0.25, -0.2) is 0 Å². The zero-order valence-corrected chi connectivity index (χ0v) is 11.2. The summed E-state index contributed by atoms with van der Waals surface area (Å²) in [5.41, 5.74) is 1.54. The standard InChI is InChI=1S/C14H20N2S/c1-16(11-6-8-15-10-11)13-7-9-17-14-5-3-2-4-12(13)14/h2-5,11,13,15H,6-10H2,1H3. The topological polar surface area (TPSA) is 15.3 Å². The van der Waals surface area contributed by atoms with Gasteiger partial charge in [-0.1, -0.05) is 18.2 Å². The molecule has 0 radical (unpaired) electrons. The Morgan fingerprint density at radius 1 is 1.29 bits per heavy atom. The van der Waals surface area contributed by atoms with Crippen LogP contribution in [-0.4, -0.2) is 36.8 Å². The minimum Gasteiger partial charge on any atom is -0.315 e. The van der Waals surface area contributed by atoms with Crippen LogP contribution in [0.2, 0.25) is 0 Å². The molecular formula is C14H20N2S. The van der Waals surface area contributed by atoms with Crippen LogP contribution in [0.3, 0.4) is 0 Å². The highest BCUT2D eigenvalue weighted by Crippen LogP contribution is 2.39. The zero-order valence-electron chi connectivity index (χ0n) is 10.4. The van der Waals surface area contributed by atoms with Crippen molar-refractivity contribution in [2.24, 2.45) is 0 Å². The molecule has 3 heteroatoms. The van der Waals surface area contributed by atoms with Crippen LogP contribution in [0.1, 0.15) is 24.4 Å². The minimum atomic E-state index is 0.623. The van der Waals surface area contributed by atoms with E-state index in [0.29, 0.717) is 6.04 Å². The van der Waals surface area contributed by atoms with E-state index in [1.807, 2.05) is 11.8 Å². The maximum Gasteiger partial charge on any atom is 0.0367 e. The average molecular weight is 248 g/mol. The first-order valence-corrected chi connectivity index (χ1v) is 7.49. The van der Waals surface area contributed by atoms with E-state index >= 15 is 0 Å². The number of rotatable bonds is 2. The smallest absolute Gasteiger partial charge is 0.0367 e. The Labute approximate surface area is 108 Å². The molecule has 0 spiro atoms. The third-order valence-corrected chi connectivity index (χ3v) is 5.15. The average Bonchev–Trinajstić information content (AvgIpc) is 2.91. The molecule has 2 nitrogen and oxygen atoms in total. The van der Waals surface area contributed by atoms with Crippen LogP contribution in [-0.2, 0) is 0 Å². The predicted octanol–water partition coefficient (Wildman–Crippen LogP) is 2.52. The zero-order chi connectivity index (χ0) is 11.7. The van der Waals surface area contributed by atoms with E-state index in [2.05, 4.69) is 41.5 Å². The second kappa shape index (κ2) is 5.01. The molecule has 0 aliphatic carbocycles. The molecule has 0 amide bonds. The summed E-state index contributed by atoms with van der Waals surface area (Å²) in [6, 6.07) is 10.3. The lowest BCUT2D eigenvalue weighted by Gasteiger charge is -2.36. The van der Waals surface area contributed by atoms with Crippen LogP contribution in [0.4, 0.5) is 0 Å². The maximum atomic E-state index is 3.47. The lowest BCUT2D eigenvalue weighted by molar-refractivity contribution is 0.177. The molecule has 0 bridgehead atoms. The molecule has 1 aromatic carbocycles. The molecule has 2 heterocycles. The molecule has 2 aliphatic rings. The fourth-order valence-corrected chi connectivity index (χ4v) is 4.09. The summed E-state index contributed by atoms with van der Waals surface area (Å²) in [5, 5.41) is 3.47. The van der Waals surface area contributed by atoms with Gasteiger partial charge in [-0.15, -0.1) is 11.8 Å². The molecule has 1 N–H and O–H groups in total. The Morgan fingerprint density at radius 3 is 3.00 bits per heavy atom. The van der Waals surface area contributed by atoms with Crippen molar-refractivity contribution in [3.05, 3.63) is 29.8 Å². The highest BCUT2D eigenvalue weighted by molar-refractivity contribution is 7.99. The summed E-state index contributed by atoms with van der Waals surface area (Å²) in [5.74, 6) is 1.26. The first kappa shape index (κ1) is 11.6. The van der Waals surface area contributed by atoms with Gasteiger partial charge in [0.2, 0.25) is 0 Å². The van der Waals surface area contributed by atoms with Crippen molar-refractivity contribution < 1.29 is 0 Å². The molecule has 1 saturated heterocycles. The van der Waals surface area contributed by atoms with Gasteiger partial charge in [0.05, 0.1) is 0 Å². The number of hydrogen-bond donors (Lipinski definition) is 1. The van der Waals surface area contributed by atoms with Crippen LogP contribution in [0.5, 0.6) is 0 Å². The van der Waals surface area contributed by atoms with E-state index in [9.17, 15) is 0 Å². The van der Waals surface area contributed by atoms with Crippen molar-refractivity contribution in [2.75, 3.05) is 25.9 Å². The number of nitrogens with zero attached hydrogens (tertiary/aromatic N) is 1. The van der Waals surface area contributed by atoms with E-state index in [0.717, 1.165) is 12.6 Å². The molecule has 2 atom stereocenters. The lowest BCUT2D eigenvalue weighted by Crippen LogP contribution is -2.37. The third-order valence-electron chi connectivity index (χ3n) is 4.03. The summed E-state index contributed by atoms with van der Waals surface area (Å²) in [7, 11) is 2.30. The van der Waals surface area contributed by atoms with Crippen LogP contribution >= 0.6 is 11.8 Å². The van der Waals surface area contributed by atoms with Gasteiger partial charge in [-0.2, -0.15) is 0 Å². The van der Waals surface area contributed by atoms with Crippen LogP contribution in [0.25, 0.3) is 0 Å². The summed E-state index contributed by atoms with van der Waals surface area (Å²) < 4.78 is 0. The summed E-state index contributed by atoms with van der Waals surface area (Å²) >= 11 is 2.01. The Morgan fingerprint density at radius 2 is 2.18 bits per heavy atom. The van der Waals surface area contributed by atoms with E-state index in [1.54, 1.807) is 0 Å². The Hall–Kier alpha value is -0.510. The highest BCUT2D eigenvalue weighted by Gasteiger charge is 2.29. The molecule has 0 aromatic heterocycles.